The van der Waals surface area contributed by atoms with Gasteiger partial charge in [0.15, 0.2) is 0 Å². The zero-order valence-corrected chi connectivity index (χ0v) is 13.6. The van der Waals surface area contributed by atoms with Crippen LogP contribution in [0.5, 0.6) is 0 Å². The molecule has 2 aromatic heterocycles. The molecule has 0 aromatic carbocycles. The van der Waals surface area contributed by atoms with Gasteiger partial charge in [0.1, 0.15) is 6.33 Å². The number of aryl methyl sites for hydroxylation is 1. The Hall–Kier alpha value is 0.498. The Morgan fingerprint density at radius 1 is 1.36 bits per heavy atom. The second-order valence-electron chi connectivity index (χ2n) is 2.72. The number of hydrogen-bond acceptors (Lipinski definition) is 3. The molecule has 4 nitrogen and oxygen atoms in total. The van der Waals surface area contributed by atoms with Crippen LogP contribution >= 0.6 is 0 Å². The van der Waals surface area contributed by atoms with E-state index in [1.807, 2.05) is 17.8 Å². The van der Waals surface area contributed by atoms with E-state index in [2.05, 4.69) is 16.9 Å². The second-order valence-corrected chi connectivity index (χ2v) is 2.72. The van der Waals surface area contributed by atoms with Crippen LogP contribution < -0.4 is 5.73 Å². The van der Waals surface area contributed by atoms with Crippen LogP contribution in [0.2, 0.25) is 0 Å². The summed E-state index contributed by atoms with van der Waals surface area (Å²) in [6, 6.07) is 0. The molecule has 14 heavy (non-hydrogen) atoms. The summed E-state index contributed by atoms with van der Waals surface area (Å²) in [6.07, 6.45) is 3.34. The molecule has 2 heterocycles. The van der Waals surface area contributed by atoms with Crippen molar-refractivity contribution >= 4 is 16.9 Å². The SMILES string of the molecule is [CH2-]c1cn(C)c2ncnc(N)c12.[Y].[Y]. The maximum atomic E-state index is 5.67. The van der Waals surface area contributed by atoms with Crippen LogP contribution in [0.25, 0.3) is 11.0 Å². The molecule has 6 heteroatoms. The first-order chi connectivity index (χ1) is 5.70. The fourth-order valence-corrected chi connectivity index (χ4v) is 1.32. The summed E-state index contributed by atoms with van der Waals surface area (Å²) in [7, 11) is 1.91. The van der Waals surface area contributed by atoms with Gasteiger partial charge in [-0.25, -0.2) is 9.97 Å². The molecule has 0 unspecified atom stereocenters. The van der Waals surface area contributed by atoms with Gasteiger partial charge in [0.05, 0.1) is 11.5 Å². The average molecular weight is 339 g/mol. The standard InChI is InChI=1S/C8H9N4.2Y/c1-5-3-12(2)8-6(5)7(9)10-4-11-8;;/h3-4H,1H2,2H3,(H2,9,10,11);;/q-1;;. The number of nitrogens with two attached hydrogens (primary N) is 1. The summed E-state index contributed by atoms with van der Waals surface area (Å²) in [4.78, 5) is 7.99. The van der Waals surface area contributed by atoms with Gasteiger partial charge in [0, 0.05) is 65.4 Å². The smallest absolute Gasteiger partial charge is 0.117 e. The number of nitrogens with zero attached hydrogens (tertiary/aromatic N) is 3. The molecule has 0 aliphatic heterocycles. The molecule has 2 radical (unpaired) electrons. The molecule has 0 saturated carbocycles. The van der Waals surface area contributed by atoms with Gasteiger partial charge in [-0.3, -0.25) is 0 Å². The molecule has 2 aromatic rings. The Morgan fingerprint density at radius 3 is 2.57 bits per heavy atom. The second kappa shape index (κ2) is 5.55. The third kappa shape index (κ3) is 2.35. The number of anilines is 1. The fourth-order valence-electron chi connectivity index (χ4n) is 1.32. The van der Waals surface area contributed by atoms with Crippen LogP contribution in [0.3, 0.4) is 0 Å². The number of fused-ring (bicyclic) bond motifs is 1. The topological polar surface area (TPSA) is 56.7 Å². The van der Waals surface area contributed by atoms with Crippen LogP contribution in [0.4, 0.5) is 5.82 Å². The maximum Gasteiger partial charge on any atom is 0.117 e. The molecule has 0 spiro atoms. The summed E-state index contributed by atoms with van der Waals surface area (Å²) >= 11 is 0. The van der Waals surface area contributed by atoms with Crippen molar-refractivity contribution in [1.29, 1.82) is 0 Å². The van der Waals surface area contributed by atoms with Crippen LogP contribution in [0, 0.1) is 6.92 Å². The molecule has 0 fully saturated rings. The van der Waals surface area contributed by atoms with Crippen molar-refractivity contribution in [3.05, 3.63) is 25.0 Å². The molecular formula is C8H9N4Y2-. The summed E-state index contributed by atoms with van der Waals surface area (Å²) in [6.45, 7) is 3.85. The van der Waals surface area contributed by atoms with Gasteiger partial charge >= 0.3 is 0 Å². The first-order valence-corrected chi connectivity index (χ1v) is 3.57. The van der Waals surface area contributed by atoms with Crippen LogP contribution in [0.15, 0.2) is 12.5 Å². The van der Waals surface area contributed by atoms with Crippen LogP contribution in [0.1, 0.15) is 5.56 Å². The number of nitrogen functional groups attached to an aromatic ring is 1. The quantitative estimate of drug-likeness (QED) is 0.720. The third-order valence-corrected chi connectivity index (χ3v) is 1.86. The van der Waals surface area contributed by atoms with Crippen molar-refractivity contribution < 1.29 is 65.4 Å². The Balaban J connectivity index is 0.000000845. The minimum absolute atomic E-state index is 0. The molecule has 2 rings (SSSR count). The predicted octanol–water partition coefficient (Wildman–Crippen LogP) is 0.728. The molecule has 0 amide bonds. The van der Waals surface area contributed by atoms with Crippen molar-refractivity contribution in [1.82, 2.24) is 14.5 Å². The minimum Gasteiger partial charge on any atom is -0.398 e. The predicted molar refractivity (Wildman–Crippen MR) is 47.4 cm³/mol. The van der Waals surface area contributed by atoms with Gasteiger partial charge in [0.2, 0.25) is 0 Å². The first-order valence-electron chi connectivity index (χ1n) is 3.57. The van der Waals surface area contributed by atoms with E-state index in [4.69, 9.17) is 5.73 Å². The van der Waals surface area contributed by atoms with E-state index < -0.39 is 0 Å². The van der Waals surface area contributed by atoms with Crippen molar-refractivity contribution in [3.63, 3.8) is 0 Å². The summed E-state index contributed by atoms with van der Waals surface area (Å²) in [5.41, 5.74) is 7.36. The van der Waals surface area contributed by atoms with Gasteiger partial charge in [-0.1, -0.05) is 6.20 Å². The fraction of sp³-hybridized carbons (Fsp3) is 0.125. The molecular weight excluding hydrogens is 330 g/mol. The van der Waals surface area contributed by atoms with Gasteiger partial charge in [-0.05, 0) is 12.4 Å². The van der Waals surface area contributed by atoms with Gasteiger partial charge < -0.3 is 10.3 Å². The molecule has 0 aliphatic rings. The number of hydrogen-bond donors (Lipinski definition) is 1. The molecule has 2 N–H and O–H groups in total. The Kier molecular flexibility index (Phi) is 5.74. The first kappa shape index (κ1) is 14.5. The number of rotatable bonds is 0. The van der Waals surface area contributed by atoms with E-state index in [1.54, 1.807) is 0 Å². The maximum absolute atomic E-state index is 5.67. The molecule has 0 aliphatic carbocycles. The summed E-state index contributed by atoms with van der Waals surface area (Å²) < 4.78 is 1.88. The van der Waals surface area contributed by atoms with E-state index >= 15 is 0 Å². The largest absolute Gasteiger partial charge is 0.398 e. The van der Waals surface area contributed by atoms with E-state index in [0.717, 1.165) is 16.6 Å². The van der Waals surface area contributed by atoms with Crippen molar-refractivity contribution in [3.8, 4) is 0 Å². The van der Waals surface area contributed by atoms with Gasteiger partial charge in [-0.2, -0.15) is 12.5 Å². The molecule has 0 atom stereocenters. The Labute approximate surface area is 133 Å². The van der Waals surface area contributed by atoms with Crippen molar-refractivity contribution in [2.75, 3.05) is 5.73 Å². The van der Waals surface area contributed by atoms with Crippen molar-refractivity contribution in [2.45, 2.75) is 0 Å². The van der Waals surface area contributed by atoms with E-state index in [-0.39, 0.29) is 65.4 Å². The Bertz CT molecular complexity index is 438. The van der Waals surface area contributed by atoms with Crippen molar-refractivity contribution in [2.24, 2.45) is 7.05 Å². The van der Waals surface area contributed by atoms with Crippen LogP contribution in [-0.2, 0) is 72.5 Å². The van der Waals surface area contributed by atoms with E-state index in [9.17, 15) is 0 Å². The van der Waals surface area contributed by atoms with E-state index in [0.29, 0.717) is 5.82 Å². The molecule has 0 bridgehead atoms. The third-order valence-electron chi connectivity index (χ3n) is 1.86. The Morgan fingerprint density at radius 2 is 2.00 bits per heavy atom. The van der Waals surface area contributed by atoms with Crippen LogP contribution in [-0.4, -0.2) is 14.5 Å². The normalized spacial score (nSPS) is 9.21. The van der Waals surface area contributed by atoms with Gasteiger partial charge in [0.25, 0.3) is 0 Å². The zero-order chi connectivity index (χ0) is 8.72. The van der Waals surface area contributed by atoms with Gasteiger partial charge in [-0.15, -0.1) is 0 Å². The summed E-state index contributed by atoms with van der Waals surface area (Å²) in [5, 5.41) is 0.847. The monoisotopic (exact) mass is 339 g/mol. The summed E-state index contributed by atoms with van der Waals surface area (Å²) in [5.74, 6) is 0.491. The minimum atomic E-state index is 0. The zero-order valence-electron chi connectivity index (χ0n) is 7.94. The van der Waals surface area contributed by atoms with E-state index in [1.165, 1.54) is 6.33 Å². The number of aromatic nitrogens is 3. The molecule has 68 valence electrons. The molecule has 0 saturated heterocycles. The average Bonchev–Trinajstić information content (AvgIpc) is 2.29.